The molecule has 0 radical (unpaired) electrons. The Labute approximate surface area is 297 Å². The summed E-state index contributed by atoms with van der Waals surface area (Å²) >= 11 is 0. The molecule has 278 valence electrons. The number of fused-ring (bicyclic) bond motifs is 2. The Morgan fingerprint density at radius 2 is 1.46 bits per heavy atom. The molecule has 0 aliphatic carbocycles. The number of rotatable bonds is 9. The molecule has 14 heteroatoms. The van der Waals surface area contributed by atoms with Crippen LogP contribution in [0.25, 0.3) is 32.8 Å². The molecule has 2 saturated heterocycles. The van der Waals surface area contributed by atoms with Gasteiger partial charge in [-0.1, -0.05) is 60.7 Å². The predicted molar refractivity (Wildman–Crippen MR) is 186 cm³/mol. The van der Waals surface area contributed by atoms with Crippen LogP contribution in [0, 0.1) is 5.41 Å². The fourth-order valence-electron chi connectivity index (χ4n) is 7.86. The predicted octanol–water partition coefficient (Wildman–Crippen LogP) is 6.56. The molecule has 3 atom stereocenters. The Morgan fingerprint density at radius 1 is 0.865 bits per heavy atom. The smallest absolute Gasteiger partial charge is 0.403 e. The SMILES string of the molecule is C[C@@H]1CN(Cc2cnc(-c3cccc4c(C[C@H](NC(=O)C5(C(F)(F)F)CCN(CC(F)(F)F)CC5)C(=O)O)cccc34)c3ccccc23)C[C@H](C)N1. The lowest BCUT2D eigenvalue weighted by Crippen LogP contribution is -2.59. The van der Waals surface area contributed by atoms with E-state index >= 15 is 0 Å². The zero-order valence-electron chi connectivity index (χ0n) is 28.8. The van der Waals surface area contributed by atoms with Crippen LogP contribution in [0.3, 0.4) is 0 Å². The number of piperidine rings is 1. The maximum atomic E-state index is 14.4. The number of carboxylic acid groups (broad SMARTS) is 1. The van der Waals surface area contributed by atoms with E-state index in [2.05, 4.69) is 35.4 Å². The molecule has 0 unspecified atom stereocenters. The summed E-state index contributed by atoms with van der Waals surface area (Å²) in [7, 11) is 0. The molecule has 52 heavy (non-hydrogen) atoms. The summed E-state index contributed by atoms with van der Waals surface area (Å²) in [6, 6.07) is 17.7. The van der Waals surface area contributed by atoms with Gasteiger partial charge < -0.3 is 15.7 Å². The molecule has 2 aliphatic heterocycles. The number of alkyl halides is 6. The van der Waals surface area contributed by atoms with Crippen LogP contribution in [-0.2, 0) is 22.6 Å². The standard InChI is InChI=1S/C38H41F6N5O3/c1-23-19-49(20-24(2)46-23)21-26-18-45-33(30-9-4-3-8-28(26)30)31-12-6-10-27-25(7-5-11-29(27)31)17-32(34(50)51)47-35(52)36(38(42,43)44)13-15-48(16-14-36)22-37(39,40)41/h3-12,18,23-24,32,46H,13-17,19-22H2,1-2H3,(H,47,52)(H,50,51)/t23-,24+,32-/m0/s1. The number of nitrogens with one attached hydrogen (secondary N) is 2. The molecule has 3 heterocycles. The number of carbonyl (C=O) groups is 2. The van der Waals surface area contributed by atoms with Crippen molar-refractivity contribution in [2.24, 2.45) is 5.41 Å². The van der Waals surface area contributed by atoms with Crippen LogP contribution >= 0.6 is 0 Å². The van der Waals surface area contributed by atoms with Crippen molar-refractivity contribution in [1.29, 1.82) is 0 Å². The summed E-state index contributed by atoms with van der Waals surface area (Å²) < 4.78 is 82.0. The number of piperazine rings is 1. The van der Waals surface area contributed by atoms with Gasteiger partial charge >= 0.3 is 18.3 Å². The average Bonchev–Trinajstić information content (AvgIpc) is 3.06. The maximum Gasteiger partial charge on any atom is 0.403 e. The molecule has 3 aromatic carbocycles. The van der Waals surface area contributed by atoms with Crippen molar-refractivity contribution < 1.29 is 41.0 Å². The average molecular weight is 730 g/mol. The Balaban J connectivity index is 1.28. The highest BCUT2D eigenvalue weighted by Crippen LogP contribution is 2.47. The summed E-state index contributed by atoms with van der Waals surface area (Å²) in [6.45, 7) is 4.24. The van der Waals surface area contributed by atoms with E-state index in [9.17, 15) is 41.0 Å². The number of hydrogen-bond donors (Lipinski definition) is 3. The van der Waals surface area contributed by atoms with Crippen LogP contribution in [-0.4, -0.2) is 95.0 Å². The van der Waals surface area contributed by atoms with Gasteiger partial charge in [-0.25, -0.2) is 4.79 Å². The van der Waals surface area contributed by atoms with E-state index in [-0.39, 0.29) is 6.42 Å². The van der Waals surface area contributed by atoms with Crippen molar-refractivity contribution in [1.82, 2.24) is 25.4 Å². The van der Waals surface area contributed by atoms with E-state index < -0.39 is 68.2 Å². The van der Waals surface area contributed by atoms with Gasteiger partial charge in [0.15, 0.2) is 0 Å². The van der Waals surface area contributed by atoms with Gasteiger partial charge in [0, 0.05) is 55.3 Å². The Morgan fingerprint density at radius 3 is 2.10 bits per heavy atom. The second kappa shape index (κ2) is 14.6. The summed E-state index contributed by atoms with van der Waals surface area (Å²) in [4.78, 5) is 33.9. The monoisotopic (exact) mass is 729 g/mol. The highest BCUT2D eigenvalue weighted by atomic mass is 19.4. The zero-order valence-corrected chi connectivity index (χ0v) is 28.8. The number of hydrogen-bond acceptors (Lipinski definition) is 6. The number of amides is 1. The van der Waals surface area contributed by atoms with Gasteiger partial charge in [0.1, 0.15) is 11.5 Å². The first-order chi connectivity index (χ1) is 24.5. The molecule has 1 amide bonds. The second-order valence-electron chi connectivity index (χ2n) is 14.2. The number of pyridine rings is 1. The van der Waals surface area contributed by atoms with Crippen LogP contribution in [0.15, 0.2) is 66.9 Å². The van der Waals surface area contributed by atoms with E-state index in [0.717, 1.165) is 57.5 Å². The normalized spacial score (nSPS) is 20.9. The number of carbonyl (C=O) groups excluding carboxylic acids is 1. The third-order valence-electron chi connectivity index (χ3n) is 10.3. The summed E-state index contributed by atoms with van der Waals surface area (Å²) in [5, 5.41) is 19.1. The minimum atomic E-state index is -5.11. The molecule has 2 fully saturated rings. The van der Waals surface area contributed by atoms with Gasteiger partial charge in [-0.05, 0) is 67.1 Å². The van der Waals surface area contributed by atoms with Gasteiger partial charge in [0.2, 0.25) is 5.91 Å². The topological polar surface area (TPSA) is 97.8 Å². The molecule has 3 N–H and O–H groups in total. The van der Waals surface area contributed by atoms with Crippen LogP contribution in [0.2, 0.25) is 0 Å². The van der Waals surface area contributed by atoms with Crippen molar-refractivity contribution in [3.05, 3.63) is 78.0 Å². The number of nitrogens with zero attached hydrogens (tertiary/aromatic N) is 3. The van der Waals surface area contributed by atoms with Crippen molar-refractivity contribution in [3.8, 4) is 11.3 Å². The van der Waals surface area contributed by atoms with E-state index in [1.54, 1.807) is 24.3 Å². The Kier molecular flexibility index (Phi) is 10.5. The zero-order chi connectivity index (χ0) is 37.4. The fourth-order valence-corrected chi connectivity index (χ4v) is 7.86. The van der Waals surface area contributed by atoms with Gasteiger partial charge in [-0.3, -0.25) is 19.6 Å². The highest BCUT2D eigenvalue weighted by Gasteiger charge is 2.61. The minimum absolute atomic E-state index is 0.329. The number of aliphatic carboxylic acids is 1. The third kappa shape index (κ3) is 7.88. The molecule has 2 aliphatic rings. The van der Waals surface area contributed by atoms with Crippen LogP contribution in [0.4, 0.5) is 26.3 Å². The molecule has 6 rings (SSSR count). The lowest BCUT2D eigenvalue weighted by molar-refractivity contribution is -0.236. The maximum absolute atomic E-state index is 14.4. The van der Waals surface area contributed by atoms with E-state index in [4.69, 9.17) is 4.98 Å². The highest BCUT2D eigenvalue weighted by molar-refractivity contribution is 6.05. The minimum Gasteiger partial charge on any atom is -0.480 e. The molecule has 0 saturated carbocycles. The Hall–Kier alpha value is -4.27. The lowest BCUT2D eigenvalue weighted by atomic mass is 9.76. The number of benzene rings is 3. The van der Waals surface area contributed by atoms with Gasteiger partial charge in [-0.2, -0.15) is 26.3 Å². The fraction of sp³-hybridized carbons (Fsp3) is 0.447. The Bertz CT molecular complexity index is 1930. The van der Waals surface area contributed by atoms with Gasteiger partial charge in [-0.15, -0.1) is 0 Å². The number of halogens is 6. The first-order valence-electron chi connectivity index (χ1n) is 17.3. The van der Waals surface area contributed by atoms with Crippen LogP contribution in [0.5, 0.6) is 0 Å². The van der Waals surface area contributed by atoms with E-state index in [1.165, 1.54) is 0 Å². The third-order valence-corrected chi connectivity index (χ3v) is 10.3. The number of carboxylic acids is 1. The number of aromatic nitrogens is 1. The number of likely N-dealkylation sites (tertiary alicyclic amines) is 1. The molecule has 1 aromatic heterocycles. The lowest BCUT2D eigenvalue weighted by Gasteiger charge is -2.42. The summed E-state index contributed by atoms with van der Waals surface area (Å²) in [5.74, 6) is -3.09. The molecule has 8 nitrogen and oxygen atoms in total. The summed E-state index contributed by atoms with van der Waals surface area (Å²) in [6.07, 6.45) is -10.00. The van der Waals surface area contributed by atoms with E-state index in [0.29, 0.717) is 23.0 Å². The van der Waals surface area contributed by atoms with Gasteiger partial charge in [0.05, 0.1) is 12.2 Å². The van der Waals surface area contributed by atoms with Crippen molar-refractivity contribution in [2.75, 3.05) is 32.7 Å². The largest absolute Gasteiger partial charge is 0.480 e. The second-order valence-corrected chi connectivity index (χ2v) is 14.2. The van der Waals surface area contributed by atoms with Crippen LogP contribution in [0.1, 0.15) is 37.8 Å². The summed E-state index contributed by atoms with van der Waals surface area (Å²) in [5.41, 5.74) is 0.0511. The first-order valence-corrected chi connectivity index (χ1v) is 17.3. The molecule has 4 aromatic rings. The van der Waals surface area contributed by atoms with Crippen LogP contribution < -0.4 is 10.6 Å². The van der Waals surface area contributed by atoms with E-state index in [1.807, 2.05) is 36.5 Å². The van der Waals surface area contributed by atoms with Crippen molar-refractivity contribution in [3.63, 3.8) is 0 Å². The molecule has 0 bridgehead atoms. The molecular weight excluding hydrogens is 688 g/mol. The first kappa shape index (κ1) is 37.5. The molecule has 0 spiro atoms. The quantitative estimate of drug-likeness (QED) is 0.168. The van der Waals surface area contributed by atoms with Crippen molar-refractivity contribution in [2.45, 2.75) is 70.1 Å². The molecular formula is C38H41F6N5O3. The van der Waals surface area contributed by atoms with Crippen molar-refractivity contribution >= 4 is 33.4 Å². The van der Waals surface area contributed by atoms with Gasteiger partial charge in [0.25, 0.3) is 0 Å².